The number of amides is 4. The molecule has 0 spiro atoms. The van der Waals surface area contributed by atoms with Crippen LogP contribution >= 0.6 is 0 Å². The summed E-state index contributed by atoms with van der Waals surface area (Å²) >= 11 is 0. The number of para-hydroxylation sites is 1. The summed E-state index contributed by atoms with van der Waals surface area (Å²) in [5.41, 5.74) is 8.58. The average molecular weight is 426 g/mol. The molecule has 4 amide bonds. The number of esters is 1. The Morgan fingerprint density at radius 1 is 1.00 bits per heavy atom. The van der Waals surface area contributed by atoms with Gasteiger partial charge in [0.05, 0.1) is 12.1 Å². The van der Waals surface area contributed by atoms with Gasteiger partial charge >= 0.3 is 12.0 Å². The molecule has 0 bridgehead atoms. The molecule has 31 heavy (non-hydrogen) atoms. The molecule has 0 aliphatic rings. The van der Waals surface area contributed by atoms with Crippen molar-refractivity contribution in [2.75, 3.05) is 25.5 Å². The van der Waals surface area contributed by atoms with E-state index >= 15 is 0 Å². The number of nitrogens with two attached hydrogens (primary N) is 1. The van der Waals surface area contributed by atoms with Gasteiger partial charge in [0.2, 0.25) is 5.91 Å². The minimum atomic E-state index is -0.670. The molecule has 0 unspecified atom stereocenters. The third-order valence-electron chi connectivity index (χ3n) is 4.54. The number of rotatable bonds is 8. The van der Waals surface area contributed by atoms with Crippen molar-refractivity contribution in [3.8, 4) is 0 Å². The van der Waals surface area contributed by atoms with Crippen molar-refractivity contribution in [3.63, 3.8) is 0 Å². The van der Waals surface area contributed by atoms with Gasteiger partial charge in [-0.3, -0.25) is 9.59 Å². The molecule has 0 aromatic heterocycles. The summed E-state index contributed by atoms with van der Waals surface area (Å²) in [5.74, 6) is -1.52. The van der Waals surface area contributed by atoms with E-state index in [0.717, 1.165) is 16.7 Å². The van der Waals surface area contributed by atoms with E-state index in [-0.39, 0.29) is 24.6 Å². The molecular formula is C22H26N4O5. The second kappa shape index (κ2) is 10.8. The van der Waals surface area contributed by atoms with Gasteiger partial charge in [-0.25, -0.2) is 9.59 Å². The first-order chi connectivity index (χ1) is 14.7. The lowest BCUT2D eigenvalue weighted by Gasteiger charge is -2.18. The number of hydrogen-bond acceptors (Lipinski definition) is 5. The molecule has 0 atom stereocenters. The zero-order valence-corrected chi connectivity index (χ0v) is 17.7. The van der Waals surface area contributed by atoms with Crippen LogP contribution in [0.1, 0.15) is 27.0 Å². The van der Waals surface area contributed by atoms with Crippen LogP contribution in [0.2, 0.25) is 0 Å². The summed E-state index contributed by atoms with van der Waals surface area (Å²) in [4.78, 5) is 48.5. The topological polar surface area (TPSA) is 131 Å². The lowest BCUT2D eigenvalue weighted by atomic mass is 10.1. The number of nitrogens with one attached hydrogen (secondary N) is 2. The van der Waals surface area contributed by atoms with Crippen LogP contribution in [0, 0.1) is 13.8 Å². The zero-order chi connectivity index (χ0) is 23.0. The Morgan fingerprint density at radius 3 is 2.19 bits per heavy atom. The van der Waals surface area contributed by atoms with Gasteiger partial charge in [-0.2, -0.15) is 0 Å². The number of carbonyl (C=O) groups is 4. The molecule has 2 aromatic rings. The maximum atomic E-state index is 12.3. The Hall–Kier alpha value is -3.88. The fourth-order valence-corrected chi connectivity index (χ4v) is 2.76. The zero-order valence-electron chi connectivity index (χ0n) is 17.7. The molecule has 9 nitrogen and oxygen atoms in total. The van der Waals surface area contributed by atoms with Crippen molar-refractivity contribution in [2.24, 2.45) is 5.73 Å². The van der Waals surface area contributed by atoms with Crippen LogP contribution in [0.25, 0.3) is 0 Å². The van der Waals surface area contributed by atoms with Gasteiger partial charge < -0.3 is 26.0 Å². The number of carbonyl (C=O) groups excluding carboxylic acids is 4. The SMILES string of the molecule is Cc1cccc(C)c1NC(=O)CN(C)C(=O)COC(=O)c1ccc(CNC(N)=O)cc1. The van der Waals surface area contributed by atoms with Crippen LogP contribution < -0.4 is 16.4 Å². The molecule has 0 saturated carbocycles. The highest BCUT2D eigenvalue weighted by molar-refractivity contribution is 5.96. The molecule has 0 radical (unpaired) electrons. The van der Waals surface area contributed by atoms with Crippen LogP contribution in [0.4, 0.5) is 10.5 Å². The number of urea groups is 1. The smallest absolute Gasteiger partial charge is 0.338 e. The third-order valence-corrected chi connectivity index (χ3v) is 4.54. The van der Waals surface area contributed by atoms with E-state index in [0.29, 0.717) is 5.69 Å². The predicted molar refractivity (Wildman–Crippen MR) is 115 cm³/mol. The fourth-order valence-electron chi connectivity index (χ4n) is 2.76. The number of primary amides is 1. The molecule has 0 saturated heterocycles. The Morgan fingerprint density at radius 2 is 1.61 bits per heavy atom. The Labute approximate surface area is 180 Å². The molecule has 0 aliphatic carbocycles. The number of likely N-dealkylation sites (N-methyl/N-ethyl adjacent to an activating group) is 1. The normalized spacial score (nSPS) is 10.2. The van der Waals surface area contributed by atoms with Crippen molar-refractivity contribution in [3.05, 3.63) is 64.7 Å². The molecule has 2 rings (SSSR count). The summed E-state index contributed by atoms with van der Waals surface area (Å²) in [5, 5.41) is 5.24. The number of benzene rings is 2. The van der Waals surface area contributed by atoms with E-state index in [1.165, 1.54) is 24.1 Å². The molecule has 0 heterocycles. The summed E-state index contributed by atoms with van der Waals surface area (Å²) in [7, 11) is 1.46. The highest BCUT2D eigenvalue weighted by atomic mass is 16.5. The summed E-state index contributed by atoms with van der Waals surface area (Å²) in [6.07, 6.45) is 0. The van der Waals surface area contributed by atoms with Gasteiger partial charge in [0.1, 0.15) is 0 Å². The molecule has 164 valence electrons. The van der Waals surface area contributed by atoms with Gasteiger partial charge in [0.15, 0.2) is 6.61 Å². The summed E-state index contributed by atoms with van der Waals surface area (Å²) in [6, 6.07) is 11.3. The quantitative estimate of drug-likeness (QED) is 0.553. The average Bonchev–Trinajstić information content (AvgIpc) is 2.73. The number of hydrogen-bond donors (Lipinski definition) is 3. The predicted octanol–water partition coefficient (Wildman–Crippen LogP) is 1.73. The van der Waals surface area contributed by atoms with Crippen molar-refractivity contribution in [1.82, 2.24) is 10.2 Å². The molecule has 0 aliphatic heterocycles. The monoisotopic (exact) mass is 426 g/mol. The number of anilines is 1. The van der Waals surface area contributed by atoms with Crippen molar-refractivity contribution < 1.29 is 23.9 Å². The first-order valence-electron chi connectivity index (χ1n) is 9.56. The Kier molecular flexibility index (Phi) is 8.13. The molecular weight excluding hydrogens is 400 g/mol. The summed E-state index contributed by atoms with van der Waals surface area (Å²) < 4.78 is 5.04. The standard InChI is InChI=1S/C22H26N4O5/c1-14-5-4-6-15(2)20(14)25-18(27)12-26(3)19(28)13-31-21(29)17-9-7-16(8-10-17)11-24-22(23)30/h4-10H,11-13H2,1-3H3,(H,25,27)(H3,23,24,30). The first-order valence-corrected chi connectivity index (χ1v) is 9.56. The Balaban J connectivity index is 1.82. The largest absolute Gasteiger partial charge is 0.452 e. The van der Waals surface area contributed by atoms with Gasteiger partial charge in [0.25, 0.3) is 5.91 Å². The van der Waals surface area contributed by atoms with Gasteiger partial charge in [-0.05, 0) is 42.7 Å². The van der Waals surface area contributed by atoms with Gasteiger partial charge in [0, 0.05) is 19.3 Å². The van der Waals surface area contributed by atoms with Crippen LogP contribution in [-0.2, 0) is 20.9 Å². The summed E-state index contributed by atoms with van der Waals surface area (Å²) in [6.45, 7) is 3.34. The number of aryl methyl sites for hydroxylation is 2. The molecule has 4 N–H and O–H groups in total. The molecule has 0 fully saturated rings. The van der Waals surface area contributed by atoms with Crippen LogP contribution in [0.3, 0.4) is 0 Å². The van der Waals surface area contributed by atoms with E-state index in [1.807, 2.05) is 32.0 Å². The van der Waals surface area contributed by atoms with E-state index in [1.54, 1.807) is 12.1 Å². The van der Waals surface area contributed by atoms with E-state index < -0.39 is 24.5 Å². The maximum absolute atomic E-state index is 12.3. The minimum absolute atomic E-state index is 0.175. The van der Waals surface area contributed by atoms with E-state index in [9.17, 15) is 19.2 Å². The first kappa shape index (κ1) is 23.4. The second-order valence-electron chi connectivity index (χ2n) is 7.06. The number of nitrogens with zero attached hydrogens (tertiary/aromatic N) is 1. The van der Waals surface area contributed by atoms with Crippen molar-refractivity contribution in [1.29, 1.82) is 0 Å². The fraction of sp³-hybridized carbons (Fsp3) is 0.273. The lowest BCUT2D eigenvalue weighted by Crippen LogP contribution is -2.37. The van der Waals surface area contributed by atoms with Crippen molar-refractivity contribution >= 4 is 29.5 Å². The molecule has 9 heteroatoms. The third kappa shape index (κ3) is 7.14. The van der Waals surface area contributed by atoms with Crippen molar-refractivity contribution in [2.45, 2.75) is 20.4 Å². The molecule has 2 aromatic carbocycles. The highest BCUT2D eigenvalue weighted by Crippen LogP contribution is 2.19. The highest BCUT2D eigenvalue weighted by Gasteiger charge is 2.17. The second-order valence-corrected chi connectivity index (χ2v) is 7.06. The maximum Gasteiger partial charge on any atom is 0.338 e. The van der Waals surface area contributed by atoms with Crippen LogP contribution in [0.5, 0.6) is 0 Å². The Bertz CT molecular complexity index is 952. The number of ether oxygens (including phenoxy) is 1. The lowest BCUT2D eigenvalue weighted by molar-refractivity contribution is -0.136. The van der Waals surface area contributed by atoms with E-state index in [4.69, 9.17) is 10.5 Å². The van der Waals surface area contributed by atoms with Gasteiger partial charge in [-0.15, -0.1) is 0 Å². The van der Waals surface area contributed by atoms with E-state index in [2.05, 4.69) is 10.6 Å². The van der Waals surface area contributed by atoms with Gasteiger partial charge in [-0.1, -0.05) is 30.3 Å². The minimum Gasteiger partial charge on any atom is -0.452 e. The van der Waals surface area contributed by atoms with Crippen LogP contribution in [0.15, 0.2) is 42.5 Å². The van der Waals surface area contributed by atoms with Crippen LogP contribution in [-0.4, -0.2) is 48.9 Å².